The average Bonchev–Trinajstić information content (AvgIpc) is 3.66. The number of piperidine rings is 1. The number of rotatable bonds is 8. The Kier molecular flexibility index (Phi) is 6.90. The highest BCUT2D eigenvalue weighted by atomic mass is 16.2. The predicted molar refractivity (Wildman–Crippen MR) is 128 cm³/mol. The molecule has 0 radical (unpaired) electrons. The second-order valence-corrected chi connectivity index (χ2v) is 8.60. The van der Waals surface area contributed by atoms with Gasteiger partial charge in [0.15, 0.2) is 0 Å². The minimum atomic E-state index is -0.0937. The fourth-order valence-corrected chi connectivity index (χ4v) is 4.30. The van der Waals surface area contributed by atoms with Crippen molar-refractivity contribution in [3.63, 3.8) is 0 Å². The Bertz CT molecular complexity index is 1030. The lowest BCUT2D eigenvalue weighted by Gasteiger charge is -2.40. The summed E-state index contributed by atoms with van der Waals surface area (Å²) in [6, 6.07) is 5.99. The van der Waals surface area contributed by atoms with Crippen molar-refractivity contribution in [2.24, 2.45) is 11.7 Å². The molecule has 4 rings (SSSR count). The average molecular weight is 437 g/mol. The SMILES string of the molecule is CNc1cc(-c2c[nH]c(=O)c(N(CC3CC3)[C@@H]3CCCN(C(=O)/C=C/CN)C3)c2)ccn1. The first-order valence-electron chi connectivity index (χ1n) is 11.4. The van der Waals surface area contributed by atoms with Crippen LogP contribution >= 0.6 is 0 Å². The number of nitrogens with two attached hydrogens (primary N) is 1. The van der Waals surface area contributed by atoms with E-state index in [1.165, 1.54) is 12.8 Å². The molecule has 4 N–H and O–H groups in total. The van der Waals surface area contributed by atoms with Crippen LogP contribution in [0.3, 0.4) is 0 Å². The number of nitrogens with zero attached hydrogens (tertiary/aromatic N) is 3. The van der Waals surface area contributed by atoms with Gasteiger partial charge in [-0.3, -0.25) is 9.59 Å². The molecule has 8 nitrogen and oxygen atoms in total. The third-order valence-corrected chi connectivity index (χ3v) is 6.24. The molecule has 0 spiro atoms. The topological polar surface area (TPSA) is 107 Å². The normalized spacial score (nSPS) is 18.7. The first kappa shape index (κ1) is 22.1. The van der Waals surface area contributed by atoms with Crippen LogP contribution in [0, 0.1) is 5.92 Å². The summed E-state index contributed by atoms with van der Waals surface area (Å²) in [4.78, 5) is 36.8. The number of amides is 1. The summed E-state index contributed by atoms with van der Waals surface area (Å²) in [5.41, 5.74) is 8.01. The van der Waals surface area contributed by atoms with Crippen molar-refractivity contribution in [3.05, 3.63) is 53.1 Å². The molecule has 1 saturated carbocycles. The highest BCUT2D eigenvalue weighted by Crippen LogP contribution is 2.34. The summed E-state index contributed by atoms with van der Waals surface area (Å²) in [6.07, 6.45) is 11.0. The number of aromatic amines is 1. The van der Waals surface area contributed by atoms with Crippen molar-refractivity contribution >= 4 is 17.4 Å². The number of hydrogen-bond acceptors (Lipinski definition) is 6. The van der Waals surface area contributed by atoms with Gasteiger partial charge in [-0.25, -0.2) is 4.98 Å². The van der Waals surface area contributed by atoms with Gasteiger partial charge in [-0.2, -0.15) is 0 Å². The highest BCUT2D eigenvalue weighted by Gasteiger charge is 2.33. The Morgan fingerprint density at radius 2 is 2.19 bits per heavy atom. The molecule has 0 aromatic carbocycles. The van der Waals surface area contributed by atoms with E-state index < -0.39 is 0 Å². The first-order chi connectivity index (χ1) is 15.6. The van der Waals surface area contributed by atoms with E-state index in [4.69, 9.17) is 5.73 Å². The molecule has 2 aromatic heterocycles. The molecule has 2 aromatic rings. The van der Waals surface area contributed by atoms with Gasteiger partial charge < -0.3 is 25.8 Å². The van der Waals surface area contributed by atoms with E-state index in [1.54, 1.807) is 24.5 Å². The second-order valence-electron chi connectivity index (χ2n) is 8.60. The molecular formula is C24H32N6O2. The van der Waals surface area contributed by atoms with Gasteiger partial charge in [-0.1, -0.05) is 6.08 Å². The number of carbonyl (C=O) groups is 1. The number of pyridine rings is 2. The molecule has 170 valence electrons. The lowest BCUT2D eigenvalue weighted by molar-refractivity contribution is -0.127. The number of likely N-dealkylation sites (tertiary alicyclic amines) is 1. The minimum absolute atomic E-state index is 0.00874. The number of hydrogen-bond donors (Lipinski definition) is 3. The molecule has 8 heteroatoms. The zero-order valence-corrected chi connectivity index (χ0v) is 18.6. The van der Waals surface area contributed by atoms with Crippen molar-refractivity contribution in [2.75, 3.05) is 43.4 Å². The lowest BCUT2D eigenvalue weighted by Crippen LogP contribution is -2.51. The monoisotopic (exact) mass is 436 g/mol. The lowest BCUT2D eigenvalue weighted by atomic mass is 10.0. The maximum Gasteiger partial charge on any atom is 0.271 e. The summed E-state index contributed by atoms with van der Waals surface area (Å²) >= 11 is 0. The standard InChI is InChI=1S/C24H32N6O2/c1-26-22-13-18(8-10-27-22)19-12-21(24(32)28-14-19)30(15-17-6-7-17)20-4-3-11-29(16-20)23(31)5-2-9-25/h2,5,8,10,12-14,17,20H,3-4,6-7,9,11,15-16,25H2,1H3,(H,26,27)(H,28,32)/b5-2+/t20-/m1/s1. The molecule has 0 unspecified atom stereocenters. The van der Waals surface area contributed by atoms with Crippen LogP contribution in [0.15, 0.2) is 47.5 Å². The first-order valence-corrected chi connectivity index (χ1v) is 11.4. The van der Waals surface area contributed by atoms with E-state index in [1.807, 2.05) is 30.1 Å². The van der Waals surface area contributed by atoms with Crippen LogP contribution in [-0.2, 0) is 4.79 Å². The molecule has 1 aliphatic carbocycles. The zero-order chi connectivity index (χ0) is 22.5. The van der Waals surface area contributed by atoms with Crippen LogP contribution in [0.4, 0.5) is 11.5 Å². The smallest absolute Gasteiger partial charge is 0.271 e. The molecule has 1 amide bonds. The molecular weight excluding hydrogens is 404 g/mol. The van der Waals surface area contributed by atoms with Gasteiger partial charge >= 0.3 is 0 Å². The van der Waals surface area contributed by atoms with Gasteiger partial charge in [0.2, 0.25) is 5.91 Å². The molecule has 2 fully saturated rings. The maximum atomic E-state index is 12.9. The van der Waals surface area contributed by atoms with E-state index in [0.717, 1.165) is 42.9 Å². The predicted octanol–water partition coefficient (Wildman–Crippen LogP) is 2.20. The zero-order valence-electron chi connectivity index (χ0n) is 18.6. The largest absolute Gasteiger partial charge is 0.373 e. The number of H-pyrrole nitrogens is 1. The Morgan fingerprint density at radius 1 is 1.34 bits per heavy atom. The highest BCUT2D eigenvalue weighted by molar-refractivity contribution is 5.87. The van der Waals surface area contributed by atoms with E-state index in [9.17, 15) is 9.59 Å². The summed E-state index contributed by atoms with van der Waals surface area (Å²) in [5, 5.41) is 3.06. The third kappa shape index (κ3) is 5.19. The van der Waals surface area contributed by atoms with Gasteiger partial charge in [0.1, 0.15) is 11.5 Å². The number of carbonyl (C=O) groups excluding carboxylic acids is 1. The van der Waals surface area contributed by atoms with Crippen LogP contribution in [0.25, 0.3) is 11.1 Å². The minimum Gasteiger partial charge on any atom is -0.373 e. The Morgan fingerprint density at radius 3 is 2.94 bits per heavy atom. The Labute approximate surface area is 188 Å². The van der Waals surface area contributed by atoms with Crippen LogP contribution in [-0.4, -0.2) is 60.0 Å². The van der Waals surface area contributed by atoms with Gasteiger partial charge in [0, 0.05) is 63.3 Å². The third-order valence-electron chi connectivity index (χ3n) is 6.24. The van der Waals surface area contributed by atoms with Crippen LogP contribution in [0.1, 0.15) is 25.7 Å². The van der Waals surface area contributed by atoms with Crippen LogP contribution in [0.2, 0.25) is 0 Å². The maximum absolute atomic E-state index is 12.9. The number of aromatic nitrogens is 2. The number of nitrogens with one attached hydrogen (secondary N) is 2. The summed E-state index contributed by atoms with van der Waals surface area (Å²) < 4.78 is 0. The van der Waals surface area contributed by atoms with E-state index in [-0.39, 0.29) is 17.5 Å². The van der Waals surface area contributed by atoms with Crippen LogP contribution < -0.4 is 21.5 Å². The number of anilines is 2. The van der Waals surface area contributed by atoms with Crippen molar-refractivity contribution < 1.29 is 4.79 Å². The van der Waals surface area contributed by atoms with Gasteiger partial charge in [-0.15, -0.1) is 0 Å². The molecule has 1 aliphatic heterocycles. The molecule has 2 aliphatic rings. The molecule has 1 atom stereocenters. The van der Waals surface area contributed by atoms with Gasteiger partial charge in [0.05, 0.1) is 0 Å². The van der Waals surface area contributed by atoms with Crippen LogP contribution in [0.5, 0.6) is 0 Å². The second kappa shape index (κ2) is 9.99. The van der Waals surface area contributed by atoms with Crippen molar-refractivity contribution in [1.82, 2.24) is 14.9 Å². The van der Waals surface area contributed by atoms with Crippen molar-refractivity contribution in [1.29, 1.82) is 0 Å². The summed E-state index contributed by atoms with van der Waals surface area (Å²) in [5.74, 6) is 1.38. The Balaban J connectivity index is 1.63. The van der Waals surface area contributed by atoms with Gasteiger partial charge in [0.25, 0.3) is 5.56 Å². The quantitative estimate of drug-likeness (QED) is 0.548. The summed E-state index contributed by atoms with van der Waals surface area (Å²) in [6.45, 7) is 2.55. The fraction of sp³-hybridized carbons (Fsp3) is 0.458. The van der Waals surface area contributed by atoms with Gasteiger partial charge in [-0.05, 0) is 55.4 Å². The van der Waals surface area contributed by atoms with E-state index >= 15 is 0 Å². The summed E-state index contributed by atoms with van der Waals surface area (Å²) in [7, 11) is 1.83. The van der Waals surface area contributed by atoms with Crippen molar-refractivity contribution in [3.8, 4) is 11.1 Å². The molecule has 1 saturated heterocycles. The molecule has 0 bridgehead atoms. The fourth-order valence-electron chi connectivity index (χ4n) is 4.30. The van der Waals surface area contributed by atoms with E-state index in [2.05, 4.69) is 20.2 Å². The molecule has 3 heterocycles. The van der Waals surface area contributed by atoms with E-state index in [0.29, 0.717) is 24.7 Å². The Hall–Kier alpha value is -3.13. The van der Waals surface area contributed by atoms with Crippen molar-refractivity contribution in [2.45, 2.75) is 31.7 Å². The molecule has 32 heavy (non-hydrogen) atoms.